The van der Waals surface area contributed by atoms with Crippen LogP contribution in [-0.4, -0.2) is 52.9 Å². The molecule has 1 aliphatic carbocycles. The van der Waals surface area contributed by atoms with Gasteiger partial charge in [0, 0.05) is 25.3 Å². The first kappa shape index (κ1) is 16.3. The van der Waals surface area contributed by atoms with Crippen LogP contribution in [0, 0.1) is 11.8 Å². The number of amides is 1. The summed E-state index contributed by atoms with van der Waals surface area (Å²) in [5, 5.41) is 7.94. The minimum Gasteiger partial charge on any atom is -0.379 e. The average Bonchev–Trinajstić information content (AvgIpc) is 3.00. The Hall–Kier alpha value is -1.56. The van der Waals surface area contributed by atoms with E-state index in [1.54, 1.807) is 4.68 Å². The quantitative estimate of drug-likeness (QED) is 0.921. The van der Waals surface area contributed by atoms with Gasteiger partial charge in [-0.05, 0) is 18.3 Å². The molecule has 1 N–H and O–H groups in total. The summed E-state index contributed by atoms with van der Waals surface area (Å²) in [6.45, 7) is 7.60. The summed E-state index contributed by atoms with van der Waals surface area (Å²) < 4.78 is 7.01. The summed E-state index contributed by atoms with van der Waals surface area (Å²) in [5.74, 6) is 1.55. The zero-order chi connectivity index (χ0) is 16.2. The second-order valence-corrected chi connectivity index (χ2v) is 6.94. The predicted octanol–water partition coefficient (Wildman–Crippen LogP) is 1.98. The van der Waals surface area contributed by atoms with Crippen molar-refractivity contribution in [3.05, 3.63) is 12.4 Å². The van der Waals surface area contributed by atoms with Crippen molar-refractivity contribution in [1.29, 1.82) is 0 Å². The Kier molecular flexibility index (Phi) is 5.20. The third-order valence-corrected chi connectivity index (χ3v) is 5.35. The number of hydrogen-bond acceptors (Lipinski definition) is 4. The number of morpholine rings is 1. The van der Waals surface area contributed by atoms with Crippen LogP contribution < -0.4 is 5.32 Å². The topological polar surface area (TPSA) is 59.4 Å². The molecule has 128 valence electrons. The van der Waals surface area contributed by atoms with Crippen LogP contribution >= 0.6 is 0 Å². The fourth-order valence-electron chi connectivity index (χ4n) is 3.58. The van der Waals surface area contributed by atoms with Crippen molar-refractivity contribution in [2.45, 2.75) is 45.7 Å². The molecule has 0 aromatic carbocycles. The van der Waals surface area contributed by atoms with Gasteiger partial charge in [0.25, 0.3) is 0 Å². The van der Waals surface area contributed by atoms with Crippen LogP contribution in [0.3, 0.4) is 0 Å². The SMILES string of the molecule is C[C@@H]1[C@H](C)CCC[C@@H]1Nc1cnn(CC(=O)N2CCOCC2)c1. The van der Waals surface area contributed by atoms with E-state index in [-0.39, 0.29) is 5.91 Å². The molecule has 23 heavy (non-hydrogen) atoms. The lowest BCUT2D eigenvalue weighted by Gasteiger charge is -2.34. The van der Waals surface area contributed by atoms with Gasteiger partial charge >= 0.3 is 0 Å². The maximum Gasteiger partial charge on any atom is 0.244 e. The fraction of sp³-hybridized carbons (Fsp3) is 0.765. The molecule has 0 spiro atoms. The van der Waals surface area contributed by atoms with Crippen LogP contribution in [-0.2, 0) is 16.1 Å². The second-order valence-electron chi connectivity index (χ2n) is 6.94. The maximum atomic E-state index is 12.3. The smallest absolute Gasteiger partial charge is 0.244 e. The minimum atomic E-state index is 0.114. The number of nitrogens with zero attached hydrogens (tertiary/aromatic N) is 3. The van der Waals surface area contributed by atoms with Gasteiger partial charge in [-0.15, -0.1) is 0 Å². The lowest BCUT2D eigenvalue weighted by Crippen LogP contribution is -2.42. The molecule has 1 saturated heterocycles. The first-order valence-corrected chi connectivity index (χ1v) is 8.78. The number of carbonyl (C=O) groups is 1. The Labute approximate surface area is 138 Å². The molecule has 6 nitrogen and oxygen atoms in total. The number of carbonyl (C=O) groups excluding carboxylic acids is 1. The monoisotopic (exact) mass is 320 g/mol. The molecule has 6 heteroatoms. The molecule has 2 fully saturated rings. The lowest BCUT2D eigenvalue weighted by atomic mass is 9.78. The van der Waals surface area contributed by atoms with Gasteiger partial charge in [0.1, 0.15) is 6.54 Å². The van der Waals surface area contributed by atoms with E-state index in [0.29, 0.717) is 44.8 Å². The highest BCUT2D eigenvalue weighted by Crippen LogP contribution is 2.31. The highest BCUT2D eigenvalue weighted by atomic mass is 16.5. The lowest BCUT2D eigenvalue weighted by molar-refractivity contribution is -0.136. The van der Waals surface area contributed by atoms with Gasteiger partial charge in [-0.3, -0.25) is 9.48 Å². The van der Waals surface area contributed by atoms with Crippen LogP contribution in [0.25, 0.3) is 0 Å². The summed E-state index contributed by atoms with van der Waals surface area (Å²) >= 11 is 0. The maximum absolute atomic E-state index is 12.3. The van der Waals surface area contributed by atoms with Crippen LogP contribution in [0.4, 0.5) is 5.69 Å². The van der Waals surface area contributed by atoms with E-state index in [9.17, 15) is 4.79 Å². The van der Waals surface area contributed by atoms with E-state index >= 15 is 0 Å². The van der Waals surface area contributed by atoms with E-state index < -0.39 is 0 Å². The first-order valence-electron chi connectivity index (χ1n) is 8.78. The standard InChI is InChI=1S/C17H28N4O2/c1-13-4-3-5-16(14(13)2)19-15-10-18-21(11-15)12-17(22)20-6-8-23-9-7-20/h10-11,13-14,16,19H,3-9,12H2,1-2H3/t13-,14-,16+/m1/s1. The van der Waals surface area contributed by atoms with Gasteiger partial charge in [-0.2, -0.15) is 5.10 Å². The van der Waals surface area contributed by atoms with Gasteiger partial charge in [-0.25, -0.2) is 0 Å². The van der Waals surface area contributed by atoms with Crippen molar-refractivity contribution >= 4 is 11.6 Å². The highest BCUT2D eigenvalue weighted by molar-refractivity contribution is 5.76. The zero-order valence-corrected chi connectivity index (χ0v) is 14.2. The number of rotatable bonds is 4. The summed E-state index contributed by atoms with van der Waals surface area (Å²) in [4.78, 5) is 14.1. The third-order valence-electron chi connectivity index (χ3n) is 5.35. The summed E-state index contributed by atoms with van der Waals surface area (Å²) in [6, 6.07) is 0.506. The fourth-order valence-corrected chi connectivity index (χ4v) is 3.58. The Balaban J connectivity index is 1.54. The van der Waals surface area contributed by atoms with Gasteiger partial charge in [-0.1, -0.05) is 26.7 Å². The molecule has 3 atom stereocenters. The molecule has 1 saturated carbocycles. The normalized spacial score (nSPS) is 28.6. The van der Waals surface area contributed by atoms with Crippen LogP contribution in [0.2, 0.25) is 0 Å². The van der Waals surface area contributed by atoms with Crippen molar-refractivity contribution in [1.82, 2.24) is 14.7 Å². The largest absolute Gasteiger partial charge is 0.379 e. The molecule has 0 unspecified atom stereocenters. The highest BCUT2D eigenvalue weighted by Gasteiger charge is 2.27. The predicted molar refractivity (Wildman–Crippen MR) is 89.2 cm³/mol. The van der Waals surface area contributed by atoms with Gasteiger partial charge in [0.15, 0.2) is 0 Å². The number of ether oxygens (including phenoxy) is 1. The molecule has 1 aromatic rings. The van der Waals surface area contributed by atoms with Crippen molar-refractivity contribution in [2.75, 3.05) is 31.6 Å². The van der Waals surface area contributed by atoms with Crippen LogP contribution in [0.1, 0.15) is 33.1 Å². The van der Waals surface area contributed by atoms with E-state index in [2.05, 4.69) is 24.3 Å². The number of nitrogens with one attached hydrogen (secondary N) is 1. The molecule has 2 aliphatic rings. The molecule has 1 amide bonds. The average molecular weight is 320 g/mol. The Morgan fingerprint density at radius 3 is 2.91 bits per heavy atom. The molecular formula is C17H28N4O2. The van der Waals surface area contributed by atoms with E-state index in [0.717, 1.165) is 11.6 Å². The number of anilines is 1. The van der Waals surface area contributed by atoms with Crippen molar-refractivity contribution in [2.24, 2.45) is 11.8 Å². The minimum absolute atomic E-state index is 0.114. The second kappa shape index (κ2) is 7.34. The number of hydrogen-bond donors (Lipinski definition) is 1. The molecule has 0 radical (unpaired) electrons. The molecular weight excluding hydrogens is 292 g/mol. The van der Waals surface area contributed by atoms with E-state index in [1.807, 2.05) is 17.3 Å². The molecule has 2 heterocycles. The third kappa shape index (κ3) is 4.05. The van der Waals surface area contributed by atoms with Gasteiger partial charge in [0.05, 0.1) is 25.1 Å². The molecule has 3 rings (SSSR count). The van der Waals surface area contributed by atoms with Crippen molar-refractivity contribution in [3.8, 4) is 0 Å². The Morgan fingerprint density at radius 1 is 1.35 bits per heavy atom. The van der Waals surface area contributed by atoms with Crippen molar-refractivity contribution < 1.29 is 9.53 Å². The Bertz CT molecular complexity index is 524. The summed E-state index contributed by atoms with van der Waals surface area (Å²) in [5.41, 5.74) is 1.02. The summed E-state index contributed by atoms with van der Waals surface area (Å²) in [7, 11) is 0. The zero-order valence-electron chi connectivity index (χ0n) is 14.2. The molecule has 1 aliphatic heterocycles. The van der Waals surface area contributed by atoms with Gasteiger partial charge < -0.3 is 15.0 Å². The number of aromatic nitrogens is 2. The Morgan fingerprint density at radius 2 is 2.13 bits per heavy atom. The van der Waals surface area contributed by atoms with Crippen molar-refractivity contribution in [3.63, 3.8) is 0 Å². The van der Waals surface area contributed by atoms with Crippen LogP contribution in [0.5, 0.6) is 0 Å². The first-order chi connectivity index (χ1) is 11.1. The van der Waals surface area contributed by atoms with E-state index in [1.165, 1.54) is 19.3 Å². The molecule has 0 bridgehead atoms. The summed E-state index contributed by atoms with van der Waals surface area (Å²) in [6.07, 6.45) is 7.60. The van der Waals surface area contributed by atoms with E-state index in [4.69, 9.17) is 4.74 Å². The molecule has 1 aromatic heterocycles. The van der Waals surface area contributed by atoms with Gasteiger partial charge in [0.2, 0.25) is 5.91 Å². The van der Waals surface area contributed by atoms with Crippen LogP contribution in [0.15, 0.2) is 12.4 Å².